The number of aromatic nitrogens is 5. The number of carbonyl (C=O) groups is 1. The van der Waals surface area contributed by atoms with Crippen molar-refractivity contribution in [3.05, 3.63) is 66.1 Å². The Morgan fingerprint density at radius 2 is 2.04 bits per heavy atom. The Morgan fingerprint density at radius 3 is 2.84 bits per heavy atom. The van der Waals surface area contributed by atoms with Crippen molar-refractivity contribution in [2.45, 2.75) is 25.3 Å². The van der Waals surface area contributed by atoms with Crippen LogP contribution in [0.1, 0.15) is 40.6 Å². The summed E-state index contributed by atoms with van der Waals surface area (Å²) in [6.07, 6.45) is 10.7. The van der Waals surface area contributed by atoms with Crippen molar-refractivity contribution in [1.82, 2.24) is 30.2 Å². The Morgan fingerprint density at radius 1 is 1.08 bits per heavy atom. The van der Waals surface area contributed by atoms with Crippen LogP contribution in [-0.2, 0) is 6.42 Å². The smallest absolute Gasteiger partial charge is 0.271 e. The lowest BCUT2D eigenvalue weighted by Crippen LogP contribution is -2.32. The maximum Gasteiger partial charge on any atom is 0.271 e. The predicted molar refractivity (Wildman–Crippen MR) is 90.4 cm³/mol. The van der Waals surface area contributed by atoms with Gasteiger partial charge < -0.3 is 5.32 Å². The van der Waals surface area contributed by atoms with Gasteiger partial charge in [0.25, 0.3) is 5.91 Å². The molecule has 3 heterocycles. The fraction of sp³-hybridized carbons (Fsp3) is 0.222. The number of pyridine rings is 1. The molecule has 1 atom stereocenters. The minimum atomic E-state index is -0.236. The Kier molecular flexibility index (Phi) is 4.12. The van der Waals surface area contributed by atoms with E-state index in [-0.39, 0.29) is 11.9 Å². The van der Waals surface area contributed by atoms with Crippen LogP contribution in [0.2, 0.25) is 0 Å². The molecule has 1 amide bonds. The molecule has 0 saturated heterocycles. The second-order valence-corrected chi connectivity index (χ2v) is 5.82. The maximum atomic E-state index is 12.3. The lowest BCUT2D eigenvalue weighted by atomic mass is 9.92. The molecule has 7 heteroatoms. The molecule has 0 spiro atoms. The zero-order valence-electron chi connectivity index (χ0n) is 13.5. The van der Waals surface area contributed by atoms with Gasteiger partial charge in [-0.25, -0.2) is 15.0 Å². The van der Waals surface area contributed by atoms with Crippen LogP contribution in [0.5, 0.6) is 0 Å². The average Bonchev–Trinajstić information content (AvgIpc) is 2.69. The number of amides is 1. The zero-order chi connectivity index (χ0) is 17.1. The van der Waals surface area contributed by atoms with Gasteiger partial charge in [-0.1, -0.05) is 6.07 Å². The van der Waals surface area contributed by atoms with Crippen molar-refractivity contribution in [1.29, 1.82) is 0 Å². The first kappa shape index (κ1) is 15.3. The highest BCUT2D eigenvalue weighted by Gasteiger charge is 2.25. The topological polar surface area (TPSA) is 93.6 Å². The van der Waals surface area contributed by atoms with Crippen molar-refractivity contribution >= 4 is 5.91 Å². The molecule has 1 aliphatic carbocycles. The Hall–Kier alpha value is -3.22. The van der Waals surface area contributed by atoms with Crippen LogP contribution in [0.4, 0.5) is 0 Å². The van der Waals surface area contributed by atoms with Crippen LogP contribution < -0.4 is 5.32 Å². The van der Waals surface area contributed by atoms with E-state index in [4.69, 9.17) is 0 Å². The minimum absolute atomic E-state index is 0.115. The highest BCUT2D eigenvalue weighted by atomic mass is 16.1. The molecule has 0 aromatic carbocycles. The summed E-state index contributed by atoms with van der Waals surface area (Å²) in [6.45, 7) is 0. The monoisotopic (exact) mass is 332 g/mol. The van der Waals surface area contributed by atoms with E-state index >= 15 is 0 Å². The summed E-state index contributed by atoms with van der Waals surface area (Å²) in [6, 6.07) is 5.54. The third-order valence-electron chi connectivity index (χ3n) is 4.18. The molecule has 7 nitrogen and oxygen atoms in total. The van der Waals surface area contributed by atoms with Crippen LogP contribution >= 0.6 is 0 Å². The van der Waals surface area contributed by atoms with Crippen LogP contribution in [0.15, 0.2) is 49.2 Å². The van der Waals surface area contributed by atoms with E-state index in [0.717, 1.165) is 36.2 Å². The average molecular weight is 332 g/mol. The van der Waals surface area contributed by atoms with Crippen LogP contribution in [0, 0.1) is 0 Å². The van der Waals surface area contributed by atoms with Crippen molar-refractivity contribution < 1.29 is 4.79 Å². The second-order valence-electron chi connectivity index (χ2n) is 5.82. The second kappa shape index (κ2) is 6.72. The van der Waals surface area contributed by atoms with Crippen molar-refractivity contribution in [2.24, 2.45) is 0 Å². The Bertz CT molecular complexity index is 885. The van der Waals surface area contributed by atoms with Gasteiger partial charge in [0.15, 0.2) is 5.82 Å². The van der Waals surface area contributed by atoms with Gasteiger partial charge in [-0.3, -0.25) is 14.8 Å². The molecule has 0 unspecified atom stereocenters. The van der Waals surface area contributed by atoms with Crippen LogP contribution in [0.25, 0.3) is 11.5 Å². The molecule has 0 radical (unpaired) electrons. The zero-order valence-corrected chi connectivity index (χ0v) is 13.5. The molecule has 3 aromatic heterocycles. The summed E-state index contributed by atoms with van der Waals surface area (Å²) in [5.41, 5.74) is 2.98. The number of nitrogens with one attached hydrogen (secondary N) is 1. The molecule has 0 aliphatic heterocycles. The standard InChI is InChI=1S/C18H16N6O/c25-18(16-11-19-8-9-21-16)24-14-6-3-5-13-12(14)10-22-17(23-13)15-4-1-2-7-20-15/h1-2,4,7-11,14H,3,5-6H2,(H,24,25)/t14-/m1/s1. The molecule has 0 bridgehead atoms. The number of rotatable bonds is 3. The van der Waals surface area contributed by atoms with Gasteiger partial charge in [-0.15, -0.1) is 0 Å². The van der Waals surface area contributed by atoms with E-state index in [2.05, 4.69) is 30.2 Å². The number of nitrogens with zero attached hydrogens (tertiary/aromatic N) is 5. The number of hydrogen-bond donors (Lipinski definition) is 1. The molecule has 25 heavy (non-hydrogen) atoms. The summed E-state index contributed by atoms with van der Waals surface area (Å²) < 4.78 is 0. The van der Waals surface area contributed by atoms with Crippen molar-refractivity contribution in [2.75, 3.05) is 0 Å². The maximum absolute atomic E-state index is 12.3. The molecule has 0 fully saturated rings. The van der Waals surface area contributed by atoms with E-state index in [0.29, 0.717) is 11.5 Å². The SMILES string of the molecule is O=C(N[C@@H]1CCCc2nc(-c3ccccn3)ncc21)c1cnccn1. The third kappa shape index (κ3) is 3.21. The molecule has 1 aliphatic rings. The first-order valence-electron chi connectivity index (χ1n) is 8.15. The molecule has 1 N–H and O–H groups in total. The lowest BCUT2D eigenvalue weighted by molar-refractivity contribution is 0.0927. The fourth-order valence-electron chi connectivity index (χ4n) is 2.96. The molecule has 4 rings (SSSR count). The number of fused-ring (bicyclic) bond motifs is 1. The first-order valence-corrected chi connectivity index (χ1v) is 8.15. The van der Waals surface area contributed by atoms with E-state index in [1.54, 1.807) is 18.6 Å². The lowest BCUT2D eigenvalue weighted by Gasteiger charge is -2.25. The summed E-state index contributed by atoms with van der Waals surface area (Å²) in [4.78, 5) is 33.7. The summed E-state index contributed by atoms with van der Waals surface area (Å²) >= 11 is 0. The number of aryl methyl sites for hydroxylation is 1. The molecule has 3 aromatic rings. The Labute approximate surface area is 144 Å². The van der Waals surface area contributed by atoms with Gasteiger partial charge in [-0.2, -0.15) is 0 Å². The first-order chi connectivity index (χ1) is 12.3. The summed E-state index contributed by atoms with van der Waals surface area (Å²) in [5, 5.41) is 3.01. The predicted octanol–water partition coefficient (Wildman–Crippen LogP) is 2.14. The largest absolute Gasteiger partial charge is 0.344 e. The number of carbonyl (C=O) groups excluding carboxylic acids is 1. The van der Waals surface area contributed by atoms with Gasteiger partial charge in [0.05, 0.1) is 12.2 Å². The van der Waals surface area contributed by atoms with Gasteiger partial charge in [0, 0.05) is 36.0 Å². The van der Waals surface area contributed by atoms with Crippen LogP contribution in [0.3, 0.4) is 0 Å². The Balaban J connectivity index is 1.59. The van der Waals surface area contributed by atoms with Crippen LogP contribution in [-0.4, -0.2) is 30.8 Å². The molecule has 124 valence electrons. The van der Waals surface area contributed by atoms with E-state index in [9.17, 15) is 4.79 Å². The summed E-state index contributed by atoms with van der Waals surface area (Å²) in [5.74, 6) is 0.375. The van der Waals surface area contributed by atoms with E-state index in [1.807, 2.05) is 18.2 Å². The molecular formula is C18H16N6O. The van der Waals surface area contributed by atoms with Gasteiger partial charge in [0.2, 0.25) is 0 Å². The van der Waals surface area contributed by atoms with Gasteiger partial charge >= 0.3 is 0 Å². The molecule has 0 saturated carbocycles. The highest BCUT2D eigenvalue weighted by molar-refractivity contribution is 5.92. The fourth-order valence-corrected chi connectivity index (χ4v) is 2.96. The normalized spacial score (nSPS) is 16.1. The molecular weight excluding hydrogens is 316 g/mol. The van der Waals surface area contributed by atoms with E-state index < -0.39 is 0 Å². The van der Waals surface area contributed by atoms with Crippen molar-refractivity contribution in [3.8, 4) is 11.5 Å². The quantitative estimate of drug-likeness (QED) is 0.790. The van der Waals surface area contributed by atoms with E-state index in [1.165, 1.54) is 12.4 Å². The summed E-state index contributed by atoms with van der Waals surface area (Å²) in [7, 11) is 0. The van der Waals surface area contributed by atoms with Gasteiger partial charge in [0.1, 0.15) is 11.4 Å². The number of hydrogen-bond acceptors (Lipinski definition) is 6. The van der Waals surface area contributed by atoms with Gasteiger partial charge in [-0.05, 0) is 31.4 Å². The minimum Gasteiger partial charge on any atom is -0.344 e. The van der Waals surface area contributed by atoms with Crippen molar-refractivity contribution in [3.63, 3.8) is 0 Å². The highest BCUT2D eigenvalue weighted by Crippen LogP contribution is 2.29. The third-order valence-corrected chi connectivity index (χ3v) is 4.18.